The van der Waals surface area contributed by atoms with Crippen molar-refractivity contribution in [3.8, 4) is 0 Å². The molecule has 0 saturated heterocycles. The zero-order valence-electron chi connectivity index (χ0n) is 55.3. The fraction of sp³-hybridized carbons (Fsp3) is 0.527. The molecule has 5 aromatic rings. The van der Waals surface area contributed by atoms with Crippen LogP contribution < -0.4 is 28.1 Å². The summed E-state index contributed by atoms with van der Waals surface area (Å²) < 4.78 is 116. The summed E-state index contributed by atoms with van der Waals surface area (Å²) in [4.78, 5) is 118. The summed E-state index contributed by atoms with van der Waals surface area (Å²) in [6.45, 7) is 22.3. The number of imidazole rings is 2. The third-order valence-electron chi connectivity index (χ3n) is 11.3. The number of ether oxygens (including phenoxy) is 4. The number of nitrogens with zero attached hydrogens (tertiary/aromatic N) is 7. The smallest absolute Gasteiger partial charge is 0.438 e. The van der Waals surface area contributed by atoms with Gasteiger partial charge in [0.25, 0.3) is 11.1 Å². The summed E-state index contributed by atoms with van der Waals surface area (Å²) in [7, 11) is -15.9. The minimum atomic E-state index is -3.86. The number of aromatic amines is 3. The molecule has 0 aliphatic heterocycles. The Hall–Kier alpha value is -6.23. The number of hydrogen-bond donors (Lipinski definition) is 4. The first-order valence-electron chi connectivity index (χ1n) is 28.2. The standard InChI is InChI=1S/C21H32N5O8P.C21H31N4O8P.C13H17N2O7P3.Y/c1-20(2,3)17(28)31-12-33-35(30,34-13-32-18(29)21(4,5)6)10-8-7-9-26-11-23-14-15(26)24-19(22)25-16(14)27;1-20(2,3)18(27)30-13-32-34(29,33-14-31-19(28)21(4,5)6)10-8-7-9-25-12-24-15-16(25)22-11-23-17(15)26;1-4-7-11-10-15(13(17)14-12(11)16)8-5-6-9-25(20,21-23(2)18)22-24(3)19;/h7-8,11H,9-10,12-13H2,1-6H3,(H3,22,24,25,27);7-8,11-12H,9-10,13-14H2,1-6H3,(H,22,23,26);4-6,10H,8-9H2,1-3H3;/p+1/b2*8-7+;6-5+;. The van der Waals surface area contributed by atoms with Gasteiger partial charge in [-0.15, -0.1) is 11.6 Å². The Kier molecular flexibility index (Phi) is 34.0. The molecule has 5 heterocycles. The van der Waals surface area contributed by atoms with Crippen molar-refractivity contribution >= 4 is 91.0 Å². The van der Waals surface area contributed by atoms with Crippen LogP contribution in [0.25, 0.3) is 22.3 Å². The Bertz CT molecular complexity index is 3920. The molecule has 0 spiro atoms. The van der Waals surface area contributed by atoms with E-state index in [1.54, 1.807) is 111 Å². The van der Waals surface area contributed by atoms with E-state index >= 15 is 0 Å². The molecular formula is C55H81N11O23P5Y+. The van der Waals surface area contributed by atoms with Gasteiger partial charge in [-0.2, -0.15) is 11.1 Å². The number of carbonyl (C=O) groups is 4. The second-order valence-electron chi connectivity index (χ2n) is 23.8. The Morgan fingerprint density at radius 1 is 0.547 bits per heavy atom. The molecule has 0 bridgehead atoms. The van der Waals surface area contributed by atoms with Crippen molar-refractivity contribution in [1.29, 1.82) is 0 Å². The van der Waals surface area contributed by atoms with Gasteiger partial charge in [-0.05, 0) is 92.2 Å². The SMILES string of the molecule is CC(C)(C)C(=O)OCOP(=O)(C/C=C/Cn1cnc2c(=O)[nH]c(N)nc21)OCOC(=O)C(C)(C)C.CC(C)(C)C(=O)OCOP(=O)(C/C=C/Cn1cnc2c(=O)[nH]cnc21)OCOC(=O)C(C)(C)C.CC=[C-]c1cn(C/C=C/CP(=O)(O[P+](C)=O)O[P+](C)=O)c(=O)[nH]c1=O.[Y]. The van der Waals surface area contributed by atoms with Gasteiger partial charge in [-0.3, -0.25) is 70.3 Å². The maximum atomic E-state index is 13.2. The van der Waals surface area contributed by atoms with Crippen LogP contribution >= 0.6 is 38.8 Å². The zero-order chi connectivity index (χ0) is 71.0. The number of fused-ring (bicyclic) bond motifs is 2. The fourth-order valence-corrected chi connectivity index (χ4v) is 12.8. The average Bonchev–Trinajstić information content (AvgIpc) is 1.71. The van der Waals surface area contributed by atoms with E-state index in [4.69, 9.17) is 51.4 Å². The van der Waals surface area contributed by atoms with E-state index in [1.807, 2.05) is 0 Å². The molecule has 521 valence electrons. The van der Waals surface area contributed by atoms with Gasteiger partial charge in [0.05, 0.1) is 59.1 Å². The normalized spacial score (nSPS) is 13.4. The second kappa shape index (κ2) is 38.1. The van der Waals surface area contributed by atoms with E-state index in [-0.39, 0.29) is 105 Å². The molecule has 0 aromatic carbocycles. The van der Waals surface area contributed by atoms with Gasteiger partial charge in [-0.1, -0.05) is 58.2 Å². The van der Waals surface area contributed by atoms with Crippen LogP contribution in [0.4, 0.5) is 5.95 Å². The minimum Gasteiger partial charge on any atom is -0.438 e. The van der Waals surface area contributed by atoms with Gasteiger partial charge in [0.2, 0.25) is 33.1 Å². The number of esters is 4. The monoisotopic (exact) mass is 1510 g/mol. The number of anilines is 1. The van der Waals surface area contributed by atoms with Crippen LogP contribution in [0.15, 0.2) is 86.9 Å². The summed E-state index contributed by atoms with van der Waals surface area (Å²) in [5.74, 6) is -2.22. The topological polar surface area (TPSA) is 454 Å². The van der Waals surface area contributed by atoms with Gasteiger partial charge in [0.1, 0.15) is 5.56 Å². The van der Waals surface area contributed by atoms with E-state index in [2.05, 4.69) is 41.0 Å². The molecule has 5 N–H and O–H groups in total. The quantitative estimate of drug-likeness (QED) is 0.00871. The van der Waals surface area contributed by atoms with Crippen molar-refractivity contribution in [1.82, 2.24) is 48.6 Å². The minimum absolute atomic E-state index is 0. The first kappa shape index (κ1) is 84.9. The maximum Gasteiger partial charge on any atom is 0.513 e. The second-order valence-corrected chi connectivity index (χ2v) is 32.6. The molecule has 0 amide bonds. The number of hydrogen-bond acceptors (Lipinski definition) is 28. The van der Waals surface area contributed by atoms with Crippen LogP contribution in [-0.4, -0.2) is 131 Å². The number of nitrogens with two attached hydrogens (primary N) is 1. The van der Waals surface area contributed by atoms with E-state index in [9.17, 15) is 61.2 Å². The Morgan fingerprint density at radius 2 is 0.916 bits per heavy atom. The summed E-state index contributed by atoms with van der Waals surface area (Å²) >= 11 is 0. The fourth-order valence-electron chi connectivity index (χ4n) is 6.43. The molecule has 0 aliphatic carbocycles. The van der Waals surface area contributed by atoms with E-state index in [1.165, 1.54) is 73.5 Å². The first-order chi connectivity index (χ1) is 43.5. The predicted octanol–water partition coefficient (Wildman–Crippen LogP) is 8.36. The van der Waals surface area contributed by atoms with Gasteiger partial charge >= 0.3 is 68.4 Å². The number of aromatic nitrogens is 10. The molecular weight excluding hydrogens is 1430 g/mol. The molecule has 5 aromatic heterocycles. The molecule has 5 rings (SSSR count). The number of H-pyrrole nitrogens is 3. The van der Waals surface area contributed by atoms with Crippen LogP contribution in [0.1, 0.15) is 95.6 Å². The Morgan fingerprint density at radius 3 is 1.29 bits per heavy atom. The first-order valence-corrected chi connectivity index (χ1v) is 36.6. The third kappa shape index (κ3) is 30.0. The predicted molar refractivity (Wildman–Crippen MR) is 345 cm³/mol. The van der Waals surface area contributed by atoms with Gasteiger partial charge < -0.3 is 53.1 Å². The molecule has 1 radical (unpaired) electrons. The van der Waals surface area contributed by atoms with Gasteiger partial charge in [0, 0.05) is 52.3 Å². The molecule has 2 atom stereocenters. The van der Waals surface area contributed by atoms with Crippen molar-refractivity contribution in [2.75, 3.05) is 64.7 Å². The largest absolute Gasteiger partial charge is 0.513 e. The zero-order valence-corrected chi connectivity index (χ0v) is 62.6. The molecule has 0 fully saturated rings. The van der Waals surface area contributed by atoms with Crippen molar-refractivity contribution in [3.63, 3.8) is 0 Å². The molecule has 2 unspecified atom stereocenters. The van der Waals surface area contributed by atoms with Gasteiger partial charge in [-0.25, -0.2) is 15.0 Å². The number of allylic oxidation sites excluding steroid dienone is 7. The molecule has 95 heavy (non-hydrogen) atoms. The third-order valence-corrected chi connectivity index (χ3v) is 19.1. The Labute approximate surface area is 573 Å². The van der Waals surface area contributed by atoms with Crippen molar-refractivity contribution in [2.24, 2.45) is 21.7 Å². The molecule has 34 nitrogen and oxygen atoms in total. The molecule has 40 heteroatoms. The molecule has 0 aliphatic rings. The van der Waals surface area contributed by atoms with Gasteiger partial charge in [0.15, 0.2) is 35.7 Å². The number of nitrogens with one attached hydrogen (secondary N) is 3. The van der Waals surface area contributed by atoms with Crippen LogP contribution in [0.5, 0.6) is 0 Å². The summed E-state index contributed by atoms with van der Waals surface area (Å²) in [6, 6.07) is 0. The van der Waals surface area contributed by atoms with Crippen molar-refractivity contribution < 1.29 is 120 Å². The van der Waals surface area contributed by atoms with E-state index in [0.717, 1.165) is 0 Å². The van der Waals surface area contributed by atoms with Crippen LogP contribution in [0.3, 0.4) is 0 Å². The molecule has 0 saturated carbocycles. The number of rotatable bonds is 29. The maximum absolute atomic E-state index is 13.2. The summed E-state index contributed by atoms with van der Waals surface area (Å²) in [6.07, 6.45) is 18.3. The number of carbonyl (C=O) groups excluding carboxylic acids is 4. The summed E-state index contributed by atoms with van der Waals surface area (Å²) in [5, 5.41) is 0. The average molecular weight is 1510 g/mol. The van der Waals surface area contributed by atoms with E-state index < -0.39 is 128 Å². The Balaban J connectivity index is 0.000000490. The number of nitrogen functional groups attached to an aromatic ring is 1. The van der Waals surface area contributed by atoms with Crippen molar-refractivity contribution in [3.05, 3.63) is 121 Å². The van der Waals surface area contributed by atoms with Crippen molar-refractivity contribution in [2.45, 2.75) is 110 Å². The summed E-state index contributed by atoms with van der Waals surface area (Å²) in [5.41, 5.74) is 1.74. The van der Waals surface area contributed by atoms with Crippen LogP contribution in [0.2, 0.25) is 0 Å². The van der Waals surface area contributed by atoms with Crippen LogP contribution in [-0.2, 0) is 140 Å². The van der Waals surface area contributed by atoms with E-state index in [0.29, 0.717) is 5.65 Å². The van der Waals surface area contributed by atoms with Crippen LogP contribution in [0, 0.1) is 27.7 Å².